The summed E-state index contributed by atoms with van der Waals surface area (Å²) in [5.41, 5.74) is 1.05. The van der Waals surface area contributed by atoms with Crippen molar-refractivity contribution in [3.8, 4) is 0 Å². The summed E-state index contributed by atoms with van der Waals surface area (Å²) in [6.07, 6.45) is 0. The minimum atomic E-state index is -0.133. The Morgan fingerprint density at radius 1 is 1.12 bits per heavy atom. The summed E-state index contributed by atoms with van der Waals surface area (Å²) in [5.74, 6) is -0.172. The van der Waals surface area contributed by atoms with Gasteiger partial charge in [-0.25, -0.2) is 0 Å². The van der Waals surface area contributed by atoms with Gasteiger partial charge in [-0.1, -0.05) is 11.6 Å². The molecule has 1 N–H and O–H groups in total. The lowest BCUT2D eigenvalue weighted by molar-refractivity contribution is -0.137. The summed E-state index contributed by atoms with van der Waals surface area (Å²) in [5, 5.41) is 3.45. The molecule has 3 amide bonds. The molecule has 0 aromatic heterocycles. The zero-order valence-electron chi connectivity index (χ0n) is 14.7. The van der Waals surface area contributed by atoms with Gasteiger partial charge >= 0.3 is 0 Å². The predicted octanol–water partition coefficient (Wildman–Crippen LogP) is 1.14. The van der Waals surface area contributed by atoms with Crippen LogP contribution in [0.1, 0.15) is 17.3 Å². The van der Waals surface area contributed by atoms with Crippen molar-refractivity contribution >= 4 is 35.0 Å². The Morgan fingerprint density at radius 2 is 1.72 bits per heavy atom. The van der Waals surface area contributed by atoms with Crippen LogP contribution in [0.15, 0.2) is 18.2 Å². The predicted molar refractivity (Wildman–Crippen MR) is 96.8 cm³/mol. The van der Waals surface area contributed by atoms with Gasteiger partial charge in [0.2, 0.25) is 11.8 Å². The van der Waals surface area contributed by atoms with E-state index in [4.69, 9.17) is 11.6 Å². The van der Waals surface area contributed by atoms with E-state index in [2.05, 4.69) is 5.32 Å². The highest BCUT2D eigenvalue weighted by Crippen LogP contribution is 2.23. The maximum atomic E-state index is 12.3. The number of rotatable bonds is 4. The highest BCUT2D eigenvalue weighted by atomic mass is 35.5. The number of carbonyl (C=O) groups is 3. The van der Waals surface area contributed by atoms with Crippen molar-refractivity contribution < 1.29 is 14.4 Å². The molecular weight excluding hydrogens is 344 g/mol. The lowest BCUT2D eigenvalue weighted by Crippen LogP contribution is -2.51. The van der Waals surface area contributed by atoms with Gasteiger partial charge in [0.25, 0.3) is 5.91 Å². The first-order chi connectivity index (χ1) is 11.8. The van der Waals surface area contributed by atoms with E-state index >= 15 is 0 Å². The first kappa shape index (κ1) is 19.1. The van der Waals surface area contributed by atoms with Gasteiger partial charge in [-0.15, -0.1) is 0 Å². The van der Waals surface area contributed by atoms with Crippen LogP contribution in [0, 0.1) is 0 Å². The molecule has 1 aliphatic heterocycles. The van der Waals surface area contributed by atoms with Gasteiger partial charge in [-0.05, 0) is 18.2 Å². The zero-order chi connectivity index (χ0) is 18.6. The number of nitrogens with zero attached hydrogens (tertiary/aromatic N) is 3. The molecule has 0 unspecified atom stereocenters. The van der Waals surface area contributed by atoms with Crippen LogP contribution in [-0.4, -0.2) is 79.2 Å². The minimum absolute atomic E-state index is 0.0272. The third kappa shape index (κ3) is 4.85. The van der Waals surface area contributed by atoms with Gasteiger partial charge in [-0.2, -0.15) is 0 Å². The number of nitrogens with one attached hydrogen (secondary N) is 1. The van der Waals surface area contributed by atoms with E-state index in [0.29, 0.717) is 42.5 Å². The van der Waals surface area contributed by atoms with Crippen LogP contribution >= 0.6 is 11.6 Å². The molecule has 1 aromatic carbocycles. The molecule has 0 aliphatic carbocycles. The highest BCUT2D eigenvalue weighted by Gasteiger charge is 2.22. The normalized spacial score (nSPS) is 14.2. The summed E-state index contributed by atoms with van der Waals surface area (Å²) in [6.45, 7) is 3.76. The average Bonchev–Trinajstić information content (AvgIpc) is 2.60. The number of benzene rings is 1. The monoisotopic (exact) mass is 366 g/mol. The summed E-state index contributed by atoms with van der Waals surface area (Å²) in [6, 6.07) is 4.93. The number of amides is 3. The van der Waals surface area contributed by atoms with Crippen molar-refractivity contribution in [2.75, 3.05) is 52.1 Å². The second-order valence-electron chi connectivity index (χ2n) is 6.13. The number of piperazine rings is 1. The van der Waals surface area contributed by atoms with Crippen LogP contribution in [0.5, 0.6) is 0 Å². The molecule has 7 nitrogen and oxygen atoms in total. The van der Waals surface area contributed by atoms with Gasteiger partial charge in [0.05, 0.1) is 17.3 Å². The van der Waals surface area contributed by atoms with Crippen molar-refractivity contribution in [1.82, 2.24) is 14.7 Å². The summed E-state index contributed by atoms with van der Waals surface area (Å²) in [7, 11) is 3.35. The van der Waals surface area contributed by atoms with E-state index < -0.39 is 0 Å². The van der Waals surface area contributed by atoms with Crippen molar-refractivity contribution in [2.24, 2.45) is 0 Å². The fourth-order valence-corrected chi connectivity index (χ4v) is 2.79. The minimum Gasteiger partial charge on any atom is -0.375 e. The molecule has 0 radical (unpaired) electrons. The molecule has 1 aliphatic rings. The molecule has 8 heteroatoms. The molecule has 0 spiro atoms. The van der Waals surface area contributed by atoms with E-state index in [0.717, 1.165) is 0 Å². The Kier molecular flexibility index (Phi) is 6.25. The van der Waals surface area contributed by atoms with E-state index in [9.17, 15) is 14.4 Å². The number of halogens is 1. The fraction of sp³-hybridized carbons (Fsp3) is 0.471. The van der Waals surface area contributed by atoms with E-state index in [1.807, 2.05) is 0 Å². The van der Waals surface area contributed by atoms with Gasteiger partial charge in [0.1, 0.15) is 0 Å². The van der Waals surface area contributed by atoms with Crippen LogP contribution in [-0.2, 0) is 9.59 Å². The largest absolute Gasteiger partial charge is 0.375 e. The average molecular weight is 367 g/mol. The van der Waals surface area contributed by atoms with Crippen LogP contribution in [0.3, 0.4) is 0 Å². The second kappa shape index (κ2) is 8.20. The van der Waals surface area contributed by atoms with Crippen LogP contribution < -0.4 is 5.32 Å². The van der Waals surface area contributed by atoms with Gasteiger partial charge < -0.3 is 20.0 Å². The van der Waals surface area contributed by atoms with Gasteiger partial charge in [0.15, 0.2) is 0 Å². The SMILES string of the molecule is CC(=O)N1CCN(C(=O)CNc2cc(C(=O)N(C)C)ccc2Cl)CC1. The first-order valence-corrected chi connectivity index (χ1v) is 8.45. The zero-order valence-corrected chi connectivity index (χ0v) is 15.5. The molecule has 136 valence electrons. The van der Waals surface area contributed by atoms with Crippen molar-refractivity contribution in [3.63, 3.8) is 0 Å². The van der Waals surface area contributed by atoms with Gasteiger partial charge in [-0.3, -0.25) is 14.4 Å². The van der Waals surface area contributed by atoms with Crippen molar-refractivity contribution in [1.29, 1.82) is 0 Å². The molecule has 1 fully saturated rings. The van der Waals surface area contributed by atoms with Crippen LogP contribution in [0.4, 0.5) is 5.69 Å². The fourth-order valence-electron chi connectivity index (χ4n) is 2.61. The quantitative estimate of drug-likeness (QED) is 0.867. The topological polar surface area (TPSA) is 73.0 Å². The third-order valence-electron chi connectivity index (χ3n) is 4.13. The molecular formula is C17H23ClN4O3. The summed E-state index contributed by atoms with van der Waals surface area (Å²) in [4.78, 5) is 40.6. The second-order valence-corrected chi connectivity index (χ2v) is 6.54. The van der Waals surface area contributed by atoms with Crippen LogP contribution in [0.2, 0.25) is 5.02 Å². The number of hydrogen-bond donors (Lipinski definition) is 1. The molecule has 2 rings (SSSR count). The molecule has 1 heterocycles. The first-order valence-electron chi connectivity index (χ1n) is 8.08. The molecule has 0 bridgehead atoms. The number of anilines is 1. The molecule has 25 heavy (non-hydrogen) atoms. The Labute approximate surface area is 152 Å². The summed E-state index contributed by atoms with van der Waals surface area (Å²) < 4.78 is 0. The standard InChI is InChI=1S/C17H23ClN4O3/c1-12(23)21-6-8-22(9-7-21)16(24)11-19-15-10-13(4-5-14(15)18)17(25)20(2)3/h4-5,10,19H,6-9,11H2,1-3H3. The Bertz CT molecular complexity index is 670. The maximum Gasteiger partial charge on any atom is 0.253 e. The molecule has 0 atom stereocenters. The van der Waals surface area contributed by atoms with Gasteiger partial charge in [0, 0.05) is 52.8 Å². The van der Waals surface area contributed by atoms with E-state index in [1.165, 1.54) is 11.8 Å². The third-order valence-corrected chi connectivity index (χ3v) is 4.46. The highest BCUT2D eigenvalue weighted by molar-refractivity contribution is 6.33. The molecule has 0 saturated carbocycles. The van der Waals surface area contributed by atoms with Crippen molar-refractivity contribution in [2.45, 2.75) is 6.92 Å². The number of carbonyl (C=O) groups excluding carboxylic acids is 3. The van der Waals surface area contributed by atoms with E-state index in [1.54, 1.807) is 42.1 Å². The van der Waals surface area contributed by atoms with Crippen molar-refractivity contribution in [3.05, 3.63) is 28.8 Å². The Morgan fingerprint density at radius 3 is 2.28 bits per heavy atom. The maximum absolute atomic E-state index is 12.3. The lowest BCUT2D eigenvalue weighted by Gasteiger charge is -2.34. The van der Waals surface area contributed by atoms with Crippen LogP contribution in [0.25, 0.3) is 0 Å². The summed E-state index contributed by atoms with van der Waals surface area (Å²) >= 11 is 6.15. The lowest BCUT2D eigenvalue weighted by atomic mass is 10.1. The smallest absolute Gasteiger partial charge is 0.253 e. The molecule has 1 saturated heterocycles. The molecule has 1 aromatic rings. The van der Waals surface area contributed by atoms with E-state index in [-0.39, 0.29) is 24.3 Å². The number of hydrogen-bond acceptors (Lipinski definition) is 4. The Hall–Kier alpha value is -2.28. The Balaban J connectivity index is 1.95.